The lowest BCUT2D eigenvalue weighted by molar-refractivity contribution is 0.102. The molecule has 0 fully saturated rings. The van der Waals surface area contributed by atoms with Crippen LogP contribution in [0.15, 0.2) is 71.6 Å². The Kier molecular flexibility index (Phi) is 5.79. The molecule has 0 saturated heterocycles. The standard InChI is InChI=1S/C20H16F2N2O4S/c1-28-16-8-5-14(6-9-16)24-29(26,27)17-4-2-3-13(11-17)20(25)23-15-7-10-18(21)19(22)12-15/h2-12,24H,1H3,(H,23,25). The molecule has 1 amide bonds. The van der Waals surface area contributed by atoms with Crippen molar-refractivity contribution in [1.82, 2.24) is 0 Å². The highest BCUT2D eigenvalue weighted by molar-refractivity contribution is 7.92. The summed E-state index contributed by atoms with van der Waals surface area (Å²) in [5.41, 5.74) is 0.397. The number of halogens is 2. The van der Waals surface area contributed by atoms with E-state index >= 15 is 0 Å². The molecule has 0 saturated carbocycles. The Morgan fingerprint density at radius 1 is 0.897 bits per heavy atom. The first-order valence-electron chi connectivity index (χ1n) is 8.32. The molecule has 0 aliphatic rings. The number of amides is 1. The third-order valence-corrected chi connectivity index (χ3v) is 5.31. The molecule has 0 aliphatic heterocycles. The maximum Gasteiger partial charge on any atom is 0.261 e. The van der Waals surface area contributed by atoms with Gasteiger partial charge >= 0.3 is 0 Å². The first-order valence-corrected chi connectivity index (χ1v) is 9.80. The number of ether oxygens (including phenoxy) is 1. The summed E-state index contributed by atoms with van der Waals surface area (Å²) in [5, 5.41) is 2.39. The molecular weight excluding hydrogens is 402 g/mol. The quantitative estimate of drug-likeness (QED) is 0.633. The van der Waals surface area contributed by atoms with Crippen molar-refractivity contribution >= 4 is 27.3 Å². The predicted molar refractivity (Wildman–Crippen MR) is 105 cm³/mol. The van der Waals surface area contributed by atoms with Crippen LogP contribution in [0.25, 0.3) is 0 Å². The van der Waals surface area contributed by atoms with Crippen LogP contribution in [0.4, 0.5) is 20.2 Å². The number of sulfonamides is 1. The number of anilines is 2. The van der Waals surface area contributed by atoms with Crippen LogP contribution in [0.1, 0.15) is 10.4 Å². The molecule has 0 unspecified atom stereocenters. The molecule has 3 aromatic carbocycles. The molecule has 3 rings (SSSR count). The summed E-state index contributed by atoms with van der Waals surface area (Å²) in [4.78, 5) is 12.2. The van der Waals surface area contributed by atoms with Gasteiger partial charge < -0.3 is 10.1 Å². The normalized spacial score (nSPS) is 11.0. The van der Waals surface area contributed by atoms with E-state index in [0.717, 1.165) is 12.1 Å². The largest absolute Gasteiger partial charge is 0.497 e. The number of hydrogen-bond donors (Lipinski definition) is 2. The average Bonchev–Trinajstić information content (AvgIpc) is 2.71. The topological polar surface area (TPSA) is 84.5 Å². The van der Waals surface area contributed by atoms with Crippen molar-refractivity contribution < 1.29 is 26.7 Å². The third kappa shape index (κ3) is 4.88. The molecular formula is C20H16F2N2O4S. The van der Waals surface area contributed by atoms with Gasteiger partial charge in [0.1, 0.15) is 5.75 Å². The van der Waals surface area contributed by atoms with Crippen molar-refractivity contribution in [1.29, 1.82) is 0 Å². The Hall–Kier alpha value is -3.46. The molecule has 6 nitrogen and oxygen atoms in total. The van der Waals surface area contributed by atoms with Gasteiger partial charge in [-0.25, -0.2) is 17.2 Å². The van der Waals surface area contributed by atoms with E-state index in [2.05, 4.69) is 10.0 Å². The predicted octanol–water partition coefficient (Wildman–Crippen LogP) is 4.03. The van der Waals surface area contributed by atoms with Gasteiger partial charge in [0, 0.05) is 23.0 Å². The summed E-state index contributed by atoms with van der Waals surface area (Å²) >= 11 is 0. The number of benzene rings is 3. The van der Waals surface area contributed by atoms with Gasteiger partial charge in [-0.3, -0.25) is 9.52 Å². The zero-order valence-electron chi connectivity index (χ0n) is 15.1. The number of methoxy groups -OCH3 is 1. The second-order valence-electron chi connectivity index (χ2n) is 5.94. The molecule has 2 N–H and O–H groups in total. The van der Waals surface area contributed by atoms with Crippen LogP contribution in [-0.2, 0) is 10.0 Å². The summed E-state index contributed by atoms with van der Waals surface area (Å²) in [7, 11) is -2.46. The lowest BCUT2D eigenvalue weighted by Crippen LogP contribution is -2.16. The molecule has 0 radical (unpaired) electrons. The smallest absolute Gasteiger partial charge is 0.261 e. The van der Waals surface area contributed by atoms with Crippen LogP contribution in [0.3, 0.4) is 0 Å². The van der Waals surface area contributed by atoms with E-state index in [1.165, 1.54) is 49.6 Å². The Morgan fingerprint density at radius 2 is 1.59 bits per heavy atom. The van der Waals surface area contributed by atoms with E-state index in [0.29, 0.717) is 11.4 Å². The van der Waals surface area contributed by atoms with E-state index < -0.39 is 27.6 Å². The van der Waals surface area contributed by atoms with Crippen LogP contribution in [0, 0.1) is 11.6 Å². The second kappa shape index (κ2) is 8.27. The van der Waals surface area contributed by atoms with Crippen LogP contribution >= 0.6 is 0 Å². The Labute approximate surface area is 166 Å². The van der Waals surface area contributed by atoms with E-state index in [-0.39, 0.29) is 16.1 Å². The summed E-state index contributed by atoms with van der Waals surface area (Å²) < 4.78 is 58.9. The van der Waals surface area contributed by atoms with E-state index in [1.807, 2.05) is 0 Å². The molecule has 9 heteroatoms. The van der Waals surface area contributed by atoms with Crippen molar-refractivity contribution in [2.75, 3.05) is 17.1 Å². The van der Waals surface area contributed by atoms with E-state index in [9.17, 15) is 22.0 Å². The first kappa shape index (κ1) is 20.3. The van der Waals surface area contributed by atoms with E-state index in [4.69, 9.17) is 4.74 Å². The van der Waals surface area contributed by atoms with Gasteiger partial charge in [0.2, 0.25) is 0 Å². The fourth-order valence-electron chi connectivity index (χ4n) is 2.45. The monoisotopic (exact) mass is 418 g/mol. The fourth-order valence-corrected chi connectivity index (χ4v) is 3.56. The van der Waals surface area contributed by atoms with Gasteiger partial charge in [0.25, 0.3) is 15.9 Å². The third-order valence-electron chi connectivity index (χ3n) is 3.93. The maximum atomic E-state index is 13.3. The van der Waals surface area contributed by atoms with Crippen molar-refractivity contribution in [2.24, 2.45) is 0 Å². The number of carbonyl (C=O) groups is 1. The minimum Gasteiger partial charge on any atom is -0.497 e. The molecule has 0 atom stereocenters. The first-order chi connectivity index (χ1) is 13.8. The number of hydrogen-bond acceptors (Lipinski definition) is 4. The maximum absolute atomic E-state index is 13.3. The van der Waals surface area contributed by atoms with Gasteiger partial charge in [-0.1, -0.05) is 6.07 Å². The zero-order chi connectivity index (χ0) is 21.0. The summed E-state index contributed by atoms with van der Waals surface area (Å²) in [6.45, 7) is 0. The van der Waals surface area contributed by atoms with Gasteiger partial charge in [-0.15, -0.1) is 0 Å². The SMILES string of the molecule is COc1ccc(NS(=O)(=O)c2cccc(C(=O)Nc3ccc(F)c(F)c3)c2)cc1. The molecule has 3 aromatic rings. The van der Waals surface area contributed by atoms with Crippen LogP contribution in [0.2, 0.25) is 0 Å². The highest BCUT2D eigenvalue weighted by Crippen LogP contribution is 2.21. The van der Waals surface area contributed by atoms with Crippen LogP contribution in [0.5, 0.6) is 5.75 Å². The van der Waals surface area contributed by atoms with Crippen molar-refractivity contribution in [2.45, 2.75) is 4.90 Å². The Bertz CT molecular complexity index is 1150. The van der Waals surface area contributed by atoms with Gasteiger partial charge in [0.05, 0.1) is 12.0 Å². The molecule has 0 spiro atoms. The van der Waals surface area contributed by atoms with Crippen molar-refractivity contribution in [3.8, 4) is 5.75 Å². The summed E-state index contributed by atoms with van der Waals surface area (Å²) in [5.74, 6) is -2.25. The number of rotatable bonds is 6. The van der Waals surface area contributed by atoms with Gasteiger partial charge in [-0.05, 0) is 54.6 Å². The highest BCUT2D eigenvalue weighted by Gasteiger charge is 2.17. The lowest BCUT2D eigenvalue weighted by Gasteiger charge is -2.10. The van der Waals surface area contributed by atoms with Gasteiger partial charge in [-0.2, -0.15) is 0 Å². The minimum absolute atomic E-state index is 0.0346. The molecule has 150 valence electrons. The van der Waals surface area contributed by atoms with Crippen LogP contribution in [-0.4, -0.2) is 21.4 Å². The lowest BCUT2D eigenvalue weighted by atomic mass is 10.2. The number of carbonyl (C=O) groups excluding carboxylic acids is 1. The zero-order valence-corrected chi connectivity index (χ0v) is 16.0. The minimum atomic E-state index is -3.95. The molecule has 29 heavy (non-hydrogen) atoms. The summed E-state index contributed by atoms with van der Waals surface area (Å²) in [6, 6.07) is 14.5. The molecule has 0 aromatic heterocycles. The molecule has 0 aliphatic carbocycles. The highest BCUT2D eigenvalue weighted by atomic mass is 32.2. The second-order valence-corrected chi connectivity index (χ2v) is 7.63. The molecule has 0 heterocycles. The van der Waals surface area contributed by atoms with Crippen LogP contribution < -0.4 is 14.8 Å². The Balaban J connectivity index is 1.79. The van der Waals surface area contributed by atoms with E-state index in [1.54, 1.807) is 12.1 Å². The average molecular weight is 418 g/mol. The van der Waals surface area contributed by atoms with Crippen molar-refractivity contribution in [3.63, 3.8) is 0 Å². The summed E-state index contributed by atoms with van der Waals surface area (Å²) in [6.07, 6.45) is 0. The number of nitrogens with one attached hydrogen (secondary N) is 2. The Morgan fingerprint density at radius 3 is 2.24 bits per heavy atom. The fraction of sp³-hybridized carbons (Fsp3) is 0.0500. The van der Waals surface area contributed by atoms with Gasteiger partial charge in [0.15, 0.2) is 11.6 Å². The molecule has 0 bridgehead atoms. The van der Waals surface area contributed by atoms with Crippen molar-refractivity contribution in [3.05, 3.63) is 83.9 Å².